The van der Waals surface area contributed by atoms with Crippen LogP contribution in [0.5, 0.6) is 0 Å². The SMILES string of the molecule is CCOC(=O)[C@@H](N)C(C)C. The van der Waals surface area contributed by atoms with E-state index in [1.54, 1.807) is 6.92 Å². The number of hydrogen-bond acceptors (Lipinski definition) is 3. The molecule has 0 aliphatic carbocycles. The Balaban J connectivity index is 3.71. The van der Waals surface area contributed by atoms with Crippen molar-refractivity contribution in [3.05, 3.63) is 0 Å². The quantitative estimate of drug-likeness (QED) is 0.589. The first-order chi connectivity index (χ1) is 4.59. The Hall–Kier alpha value is -0.570. The zero-order valence-electron chi connectivity index (χ0n) is 6.76. The van der Waals surface area contributed by atoms with Gasteiger partial charge in [-0.15, -0.1) is 0 Å². The third-order valence-corrected chi connectivity index (χ3v) is 1.28. The van der Waals surface area contributed by atoms with Crippen LogP contribution in [-0.4, -0.2) is 18.6 Å². The van der Waals surface area contributed by atoms with Crippen LogP contribution in [0.4, 0.5) is 0 Å². The van der Waals surface area contributed by atoms with Crippen LogP contribution in [0, 0.1) is 5.92 Å². The zero-order chi connectivity index (χ0) is 8.15. The van der Waals surface area contributed by atoms with Crippen molar-refractivity contribution in [2.75, 3.05) is 6.61 Å². The summed E-state index contributed by atoms with van der Waals surface area (Å²) in [6.45, 7) is 5.95. The molecule has 0 rings (SSSR count). The average molecular weight is 145 g/mol. The van der Waals surface area contributed by atoms with Gasteiger partial charge < -0.3 is 10.5 Å². The van der Waals surface area contributed by atoms with Crippen LogP contribution in [0.3, 0.4) is 0 Å². The van der Waals surface area contributed by atoms with Crippen molar-refractivity contribution in [1.82, 2.24) is 0 Å². The molecule has 60 valence electrons. The molecule has 10 heavy (non-hydrogen) atoms. The summed E-state index contributed by atoms with van der Waals surface area (Å²) in [4.78, 5) is 10.8. The Morgan fingerprint density at radius 2 is 2.10 bits per heavy atom. The molecular weight excluding hydrogens is 130 g/mol. The van der Waals surface area contributed by atoms with E-state index in [9.17, 15) is 4.79 Å². The number of carbonyl (C=O) groups excluding carboxylic acids is 1. The van der Waals surface area contributed by atoms with Gasteiger partial charge in [0.2, 0.25) is 0 Å². The number of nitrogens with two attached hydrogens (primary N) is 1. The van der Waals surface area contributed by atoms with Crippen molar-refractivity contribution >= 4 is 5.97 Å². The fourth-order valence-electron chi connectivity index (χ4n) is 0.511. The summed E-state index contributed by atoms with van der Waals surface area (Å²) in [7, 11) is 0. The normalized spacial score (nSPS) is 13.3. The minimum atomic E-state index is -0.472. The Morgan fingerprint density at radius 3 is 2.40 bits per heavy atom. The van der Waals surface area contributed by atoms with Gasteiger partial charge in [0.1, 0.15) is 6.04 Å². The maximum Gasteiger partial charge on any atom is 0.323 e. The van der Waals surface area contributed by atoms with Crippen LogP contribution in [0.15, 0.2) is 0 Å². The van der Waals surface area contributed by atoms with Crippen LogP contribution in [0.2, 0.25) is 0 Å². The predicted molar refractivity (Wildman–Crippen MR) is 39.4 cm³/mol. The van der Waals surface area contributed by atoms with Crippen LogP contribution in [-0.2, 0) is 9.53 Å². The molecule has 2 N–H and O–H groups in total. The highest BCUT2D eigenvalue weighted by atomic mass is 16.5. The van der Waals surface area contributed by atoms with Crippen LogP contribution >= 0.6 is 0 Å². The van der Waals surface area contributed by atoms with Crippen molar-refractivity contribution in [2.45, 2.75) is 26.8 Å². The highest BCUT2D eigenvalue weighted by molar-refractivity contribution is 5.75. The lowest BCUT2D eigenvalue weighted by atomic mass is 10.1. The molecule has 0 unspecified atom stereocenters. The molecule has 0 amide bonds. The standard InChI is InChI=1S/C7H15NO2/c1-4-10-7(9)6(8)5(2)3/h5-6H,4,8H2,1-3H3/t6-/m0/s1. The molecule has 0 spiro atoms. The van der Waals surface area contributed by atoms with Crippen molar-refractivity contribution in [1.29, 1.82) is 0 Å². The van der Waals surface area contributed by atoms with Crippen molar-refractivity contribution in [3.63, 3.8) is 0 Å². The molecule has 0 bridgehead atoms. The molecule has 0 aliphatic heterocycles. The Bertz CT molecular complexity index is 112. The molecule has 3 heteroatoms. The number of esters is 1. The number of ether oxygens (including phenoxy) is 1. The molecule has 0 aromatic carbocycles. The van der Waals surface area contributed by atoms with E-state index in [0.717, 1.165) is 0 Å². The molecule has 0 heterocycles. The smallest absolute Gasteiger partial charge is 0.323 e. The summed E-state index contributed by atoms with van der Waals surface area (Å²) in [6.07, 6.45) is 0. The second-order valence-electron chi connectivity index (χ2n) is 2.52. The molecule has 0 aromatic rings. The van der Waals surface area contributed by atoms with Gasteiger partial charge >= 0.3 is 5.97 Å². The lowest BCUT2D eigenvalue weighted by molar-refractivity contribution is -0.145. The second-order valence-corrected chi connectivity index (χ2v) is 2.52. The van der Waals surface area contributed by atoms with E-state index in [-0.39, 0.29) is 11.9 Å². The monoisotopic (exact) mass is 145 g/mol. The number of rotatable bonds is 3. The summed E-state index contributed by atoms with van der Waals surface area (Å²) in [5.74, 6) is -0.156. The Morgan fingerprint density at radius 1 is 1.60 bits per heavy atom. The van der Waals surface area contributed by atoms with E-state index in [1.807, 2.05) is 13.8 Å². The molecule has 0 aliphatic rings. The maximum absolute atomic E-state index is 10.8. The minimum Gasteiger partial charge on any atom is -0.465 e. The molecule has 1 atom stereocenters. The minimum absolute atomic E-state index is 0.152. The van der Waals surface area contributed by atoms with E-state index in [2.05, 4.69) is 0 Å². The molecule has 0 saturated carbocycles. The second kappa shape index (κ2) is 4.28. The van der Waals surface area contributed by atoms with Gasteiger partial charge in [-0.25, -0.2) is 0 Å². The molecule has 0 radical (unpaired) electrons. The van der Waals surface area contributed by atoms with E-state index < -0.39 is 6.04 Å². The maximum atomic E-state index is 10.8. The summed E-state index contributed by atoms with van der Waals surface area (Å²) in [6, 6.07) is -0.472. The van der Waals surface area contributed by atoms with Gasteiger partial charge in [0.15, 0.2) is 0 Å². The molecule has 3 nitrogen and oxygen atoms in total. The summed E-state index contributed by atoms with van der Waals surface area (Å²) >= 11 is 0. The molecular formula is C7H15NO2. The van der Waals surface area contributed by atoms with Crippen molar-refractivity contribution in [2.24, 2.45) is 11.7 Å². The Labute approximate surface area is 61.5 Å². The third kappa shape index (κ3) is 2.82. The lowest BCUT2D eigenvalue weighted by Crippen LogP contribution is -2.36. The van der Waals surface area contributed by atoms with Crippen molar-refractivity contribution in [3.8, 4) is 0 Å². The fraction of sp³-hybridized carbons (Fsp3) is 0.857. The van der Waals surface area contributed by atoms with Crippen LogP contribution < -0.4 is 5.73 Å². The van der Waals surface area contributed by atoms with Crippen LogP contribution in [0.1, 0.15) is 20.8 Å². The largest absolute Gasteiger partial charge is 0.465 e. The summed E-state index contributed by atoms with van der Waals surface area (Å²) in [5.41, 5.74) is 5.47. The zero-order valence-corrected chi connectivity index (χ0v) is 6.76. The Kier molecular flexibility index (Phi) is 4.03. The lowest BCUT2D eigenvalue weighted by Gasteiger charge is -2.12. The van der Waals surface area contributed by atoms with E-state index in [1.165, 1.54) is 0 Å². The third-order valence-electron chi connectivity index (χ3n) is 1.28. The summed E-state index contributed by atoms with van der Waals surface area (Å²) < 4.78 is 4.70. The highest BCUT2D eigenvalue weighted by Gasteiger charge is 2.17. The highest BCUT2D eigenvalue weighted by Crippen LogP contribution is 1.99. The molecule has 0 saturated heterocycles. The van der Waals surface area contributed by atoms with Gasteiger partial charge in [0.05, 0.1) is 6.61 Å². The molecule has 0 aromatic heterocycles. The van der Waals surface area contributed by atoms with Gasteiger partial charge in [-0.2, -0.15) is 0 Å². The number of carbonyl (C=O) groups is 1. The van der Waals surface area contributed by atoms with Gasteiger partial charge in [-0.3, -0.25) is 4.79 Å². The van der Waals surface area contributed by atoms with Gasteiger partial charge in [0.25, 0.3) is 0 Å². The van der Waals surface area contributed by atoms with Gasteiger partial charge in [-0.1, -0.05) is 13.8 Å². The summed E-state index contributed by atoms with van der Waals surface area (Å²) in [5, 5.41) is 0. The predicted octanol–water partition coefficient (Wildman–Crippen LogP) is 0.533. The van der Waals surface area contributed by atoms with Crippen LogP contribution in [0.25, 0.3) is 0 Å². The average Bonchev–Trinajstić information content (AvgIpc) is 1.87. The first-order valence-electron chi connectivity index (χ1n) is 3.51. The topological polar surface area (TPSA) is 52.3 Å². The van der Waals surface area contributed by atoms with Gasteiger partial charge in [0, 0.05) is 0 Å². The van der Waals surface area contributed by atoms with Crippen molar-refractivity contribution < 1.29 is 9.53 Å². The van der Waals surface area contributed by atoms with E-state index >= 15 is 0 Å². The van der Waals surface area contributed by atoms with Gasteiger partial charge in [-0.05, 0) is 12.8 Å². The number of hydrogen-bond donors (Lipinski definition) is 1. The molecule has 0 fully saturated rings. The first kappa shape index (κ1) is 9.43. The fourth-order valence-corrected chi connectivity index (χ4v) is 0.511. The van der Waals surface area contributed by atoms with E-state index in [0.29, 0.717) is 6.61 Å². The van der Waals surface area contributed by atoms with E-state index in [4.69, 9.17) is 10.5 Å². The first-order valence-corrected chi connectivity index (χ1v) is 3.51.